The van der Waals surface area contributed by atoms with Crippen molar-refractivity contribution in [2.24, 2.45) is 5.92 Å². The molecule has 0 N–H and O–H groups in total. The van der Waals surface area contributed by atoms with Gasteiger partial charge in [0, 0.05) is 0 Å². The van der Waals surface area contributed by atoms with Gasteiger partial charge in [0.05, 0.1) is 24.0 Å². The van der Waals surface area contributed by atoms with Gasteiger partial charge >= 0.3 is 5.97 Å². The Hall–Kier alpha value is -2.63. The van der Waals surface area contributed by atoms with Gasteiger partial charge < -0.3 is 9.47 Å². The van der Waals surface area contributed by atoms with E-state index in [4.69, 9.17) is 9.47 Å². The number of fused-ring (bicyclic) bond motifs is 1. The number of imide groups is 1. The van der Waals surface area contributed by atoms with Crippen LogP contribution in [0.5, 0.6) is 0 Å². The molecule has 23 heavy (non-hydrogen) atoms. The Bertz CT molecular complexity index is 601. The molecule has 0 spiro atoms. The maximum Gasteiger partial charge on any atom is 0.326 e. The average molecular weight is 317 g/mol. The molecule has 1 aromatic carbocycles. The maximum absolute atomic E-state index is 12.1. The first-order valence-corrected chi connectivity index (χ1v) is 7.38. The summed E-state index contributed by atoms with van der Waals surface area (Å²) in [5.41, 5.74) is 0.625. The van der Waals surface area contributed by atoms with Crippen molar-refractivity contribution in [1.29, 1.82) is 0 Å². The first kappa shape index (κ1) is 16.7. The van der Waals surface area contributed by atoms with Crippen LogP contribution in [0.2, 0.25) is 0 Å². The van der Waals surface area contributed by atoms with Crippen molar-refractivity contribution < 1.29 is 23.9 Å². The number of ether oxygens (including phenoxy) is 2. The fourth-order valence-corrected chi connectivity index (χ4v) is 2.05. The fraction of sp³-hybridized carbons (Fsp3) is 0.353. The molecule has 0 fully saturated rings. The van der Waals surface area contributed by atoms with Crippen LogP contribution in [0, 0.1) is 5.92 Å². The smallest absolute Gasteiger partial charge is 0.326 e. The molecule has 0 unspecified atom stereocenters. The van der Waals surface area contributed by atoms with E-state index in [0.717, 1.165) is 4.90 Å². The highest BCUT2D eigenvalue weighted by atomic mass is 16.5. The Morgan fingerprint density at radius 1 is 1.17 bits per heavy atom. The van der Waals surface area contributed by atoms with E-state index in [2.05, 4.69) is 0 Å². The first-order chi connectivity index (χ1) is 11.0. The van der Waals surface area contributed by atoms with Crippen molar-refractivity contribution in [2.75, 3.05) is 19.8 Å². The molecule has 1 aliphatic rings. The standard InChI is InChI=1S/C17H19NO5/c1-12(2)11-22-8-5-9-23-15(19)10-18-16(20)13-6-3-4-7-14(13)17(18)21/h3-8,12H,9-11H2,1-2H3/b8-5+. The number of benzene rings is 1. The van der Waals surface area contributed by atoms with Gasteiger partial charge in [0.15, 0.2) is 0 Å². The van der Waals surface area contributed by atoms with Crippen molar-refractivity contribution in [2.45, 2.75) is 13.8 Å². The highest BCUT2D eigenvalue weighted by molar-refractivity contribution is 6.22. The predicted molar refractivity (Wildman–Crippen MR) is 82.7 cm³/mol. The first-order valence-electron chi connectivity index (χ1n) is 7.38. The van der Waals surface area contributed by atoms with Gasteiger partial charge in [0.1, 0.15) is 13.2 Å². The van der Waals surface area contributed by atoms with Gasteiger partial charge in [-0.15, -0.1) is 0 Å². The lowest BCUT2D eigenvalue weighted by Gasteiger charge is -2.12. The zero-order chi connectivity index (χ0) is 16.8. The van der Waals surface area contributed by atoms with E-state index in [0.29, 0.717) is 23.7 Å². The second kappa shape index (κ2) is 7.58. The monoisotopic (exact) mass is 317 g/mol. The second-order valence-electron chi connectivity index (χ2n) is 5.52. The van der Waals surface area contributed by atoms with Gasteiger partial charge in [0.2, 0.25) is 0 Å². The lowest BCUT2D eigenvalue weighted by atomic mass is 10.1. The molecule has 6 heteroatoms. The number of rotatable bonds is 7. The lowest BCUT2D eigenvalue weighted by Crippen LogP contribution is -2.35. The van der Waals surface area contributed by atoms with Crippen LogP contribution in [0.25, 0.3) is 0 Å². The zero-order valence-electron chi connectivity index (χ0n) is 13.2. The third-order valence-electron chi connectivity index (χ3n) is 3.13. The van der Waals surface area contributed by atoms with E-state index in [1.165, 1.54) is 6.26 Å². The van der Waals surface area contributed by atoms with Crippen LogP contribution in [0.1, 0.15) is 34.6 Å². The normalized spacial score (nSPS) is 13.8. The number of carbonyl (C=O) groups is 3. The minimum atomic E-state index is -0.645. The van der Waals surface area contributed by atoms with Gasteiger partial charge in [-0.05, 0) is 24.1 Å². The molecule has 6 nitrogen and oxygen atoms in total. The summed E-state index contributed by atoms with van der Waals surface area (Å²) in [6.07, 6.45) is 3.03. The Kier molecular flexibility index (Phi) is 5.51. The number of esters is 1. The van der Waals surface area contributed by atoms with Gasteiger partial charge in [-0.25, -0.2) is 0 Å². The maximum atomic E-state index is 12.1. The molecule has 1 heterocycles. The predicted octanol–water partition coefficient (Wildman–Crippen LogP) is 2.01. The Morgan fingerprint density at radius 3 is 2.35 bits per heavy atom. The molecule has 0 saturated heterocycles. The van der Waals surface area contributed by atoms with Crippen molar-refractivity contribution in [1.82, 2.24) is 4.90 Å². The van der Waals surface area contributed by atoms with Gasteiger partial charge in [-0.1, -0.05) is 26.0 Å². The van der Waals surface area contributed by atoms with E-state index in [1.54, 1.807) is 30.3 Å². The van der Waals surface area contributed by atoms with Crippen LogP contribution in [-0.4, -0.2) is 42.4 Å². The number of nitrogens with zero attached hydrogens (tertiary/aromatic N) is 1. The molecule has 0 aliphatic carbocycles. The largest absolute Gasteiger partial charge is 0.501 e. The summed E-state index contributed by atoms with van der Waals surface area (Å²) >= 11 is 0. The molecule has 0 radical (unpaired) electrons. The molecule has 2 amide bonds. The van der Waals surface area contributed by atoms with E-state index in [9.17, 15) is 14.4 Å². The van der Waals surface area contributed by atoms with Gasteiger partial charge in [-0.3, -0.25) is 19.3 Å². The van der Waals surface area contributed by atoms with Crippen LogP contribution in [0.4, 0.5) is 0 Å². The van der Waals surface area contributed by atoms with Crippen molar-refractivity contribution in [3.8, 4) is 0 Å². The number of hydrogen-bond donors (Lipinski definition) is 0. The van der Waals surface area contributed by atoms with Crippen molar-refractivity contribution in [3.05, 3.63) is 47.7 Å². The summed E-state index contributed by atoms with van der Waals surface area (Å²) in [4.78, 5) is 36.8. The molecule has 0 atom stereocenters. The van der Waals surface area contributed by atoms with E-state index >= 15 is 0 Å². The molecule has 2 rings (SSSR count). The summed E-state index contributed by atoms with van der Waals surface area (Å²) in [6.45, 7) is 4.26. The van der Waals surface area contributed by atoms with Crippen LogP contribution in [0.3, 0.4) is 0 Å². The molecule has 1 aromatic rings. The molecule has 0 saturated carbocycles. The Balaban J connectivity index is 1.81. The van der Waals surface area contributed by atoms with Crippen LogP contribution in [0.15, 0.2) is 36.6 Å². The average Bonchev–Trinajstić information content (AvgIpc) is 2.76. The third-order valence-corrected chi connectivity index (χ3v) is 3.13. The molecular weight excluding hydrogens is 298 g/mol. The molecule has 122 valence electrons. The van der Waals surface area contributed by atoms with Gasteiger partial charge in [0.25, 0.3) is 11.8 Å². The molecule has 1 aliphatic heterocycles. The zero-order valence-corrected chi connectivity index (χ0v) is 13.2. The summed E-state index contributed by atoms with van der Waals surface area (Å²) in [5, 5.41) is 0. The fourth-order valence-electron chi connectivity index (χ4n) is 2.05. The Labute approximate surface area is 134 Å². The number of amides is 2. The minimum Gasteiger partial charge on any atom is -0.501 e. The number of hydrogen-bond acceptors (Lipinski definition) is 5. The van der Waals surface area contributed by atoms with Crippen LogP contribution >= 0.6 is 0 Å². The van der Waals surface area contributed by atoms with E-state index in [-0.39, 0.29) is 6.61 Å². The summed E-state index contributed by atoms with van der Waals surface area (Å²) < 4.78 is 10.2. The summed E-state index contributed by atoms with van der Waals surface area (Å²) in [5.74, 6) is -1.18. The SMILES string of the molecule is CC(C)CO/C=C/COC(=O)CN1C(=O)c2ccccc2C1=O. The van der Waals surface area contributed by atoms with Crippen molar-refractivity contribution in [3.63, 3.8) is 0 Å². The quantitative estimate of drug-likeness (QED) is 0.437. The van der Waals surface area contributed by atoms with E-state index in [1.807, 2.05) is 13.8 Å². The molecule has 0 aromatic heterocycles. The van der Waals surface area contributed by atoms with E-state index < -0.39 is 24.3 Å². The lowest BCUT2D eigenvalue weighted by molar-refractivity contribution is -0.142. The summed E-state index contributed by atoms with van der Waals surface area (Å²) in [7, 11) is 0. The van der Waals surface area contributed by atoms with Gasteiger partial charge in [-0.2, -0.15) is 0 Å². The highest BCUT2D eigenvalue weighted by Crippen LogP contribution is 2.21. The third kappa shape index (κ3) is 4.18. The van der Waals surface area contributed by atoms with Crippen LogP contribution in [-0.2, 0) is 14.3 Å². The highest BCUT2D eigenvalue weighted by Gasteiger charge is 2.36. The second-order valence-corrected chi connectivity index (χ2v) is 5.52. The molecular formula is C17H19NO5. The molecule has 0 bridgehead atoms. The summed E-state index contributed by atoms with van der Waals surface area (Å²) in [6, 6.07) is 6.48. The topological polar surface area (TPSA) is 72.9 Å². The van der Waals surface area contributed by atoms with Crippen molar-refractivity contribution >= 4 is 17.8 Å². The minimum absolute atomic E-state index is 0.0279. The number of carbonyl (C=O) groups excluding carboxylic acids is 3. The Morgan fingerprint density at radius 2 is 1.78 bits per heavy atom. The van der Waals surface area contributed by atoms with Crippen LogP contribution < -0.4 is 0 Å².